The number of carbonyl (C=O) groups excluding carboxylic acids is 4. The van der Waals surface area contributed by atoms with Crippen molar-refractivity contribution < 1.29 is 54.9 Å². The molecule has 0 fully saturated rings. The molecule has 9 atom stereocenters. The van der Waals surface area contributed by atoms with Gasteiger partial charge in [0.25, 0.3) is 5.91 Å². The molecule has 3 aliphatic rings. The van der Waals surface area contributed by atoms with Crippen molar-refractivity contribution in [3.8, 4) is 5.75 Å². The maximum Gasteiger partial charge on any atom is 0.254 e. The highest BCUT2D eigenvalue weighted by Crippen LogP contribution is 2.35. The topological polar surface area (TPSA) is 222 Å². The third kappa shape index (κ3) is 7.69. The summed E-state index contributed by atoms with van der Waals surface area (Å²) in [5.41, 5.74) is -1.68. The summed E-state index contributed by atoms with van der Waals surface area (Å²) in [5.74, 6) is -8.19. The van der Waals surface area contributed by atoms with Crippen LogP contribution in [0.3, 0.4) is 0 Å². The van der Waals surface area contributed by atoms with Crippen LogP contribution in [-0.2, 0) is 4.79 Å². The molecular weight excluding hydrogens is 610 g/mol. The molecule has 9 unspecified atom stereocenters. The molecule has 0 radical (unpaired) electrons. The first-order valence-electron chi connectivity index (χ1n) is 15.5. The standard InChI is InChI=1S/C35H45NO11/c1-15-8-7-9-21(13-37)35(47)36-24-12-25(39)26-23(34(24)46)11-17(3)30(42)27(26)29(41)16(2)10-22(14-38)33(45)20(6)32(44)19(5)31(43)18(4)28(15)40/h7-12,15,18-20,22,28,31-33,37-38,40,42-45H,13-14H2,1-6H3,(H,36,47)/b8-7-,16-10-,21-9-. The molecule has 256 valence electrons. The van der Waals surface area contributed by atoms with Crippen LogP contribution in [0.2, 0.25) is 0 Å². The minimum Gasteiger partial charge on any atom is -0.507 e. The number of aryl methyl sites for hydroxylation is 1. The van der Waals surface area contributed by atoms with Gasteiger partial charge in [0.1, 0.15) is 5.75 Å². The van der Waals surface area contributed by atoms with Crippen LogP contribution < -0.4 is 5.32 Å². The number of carbonyl (C=O) groups is 4. The van der Waals surface area contributed by atoms with Crippen molar-refractivity contribution >= 4 is 23.3 Å². The maximum absolute atomic E-state index is 13.8. The fraction of sp³-hybridized carbons (Fsp3) is 0.486. The maximum atomic E-state index is 13.8. The number of benzene rings is 1. The number of aromatic hydroxyl groups is 1. The van der Waals surface area contributed by atoms with Gasteiger partial charge < -0.3 is 41.1 Å². The van der Waals surface area contributed by atoms with Gasteiger partial charge in [0.15, 0.2) is 11.6 Å². The van der Waals surface area contributed by atoms with Crippen LogP contribution in [0.4, 0.5) is 0 Å². The number of nitrogens with one attached hydrogen (secondary N) is 1. The lowest BCUT2D eigenvalue weighted by atomic mass is 9.76. The zero-order valence-corrected chi connectivity index (χ0v) is 27.3. The molecule has 0 aromatic heterocycles. The Morgan fingerprint density at radius 2 is 1.36 bits per heavy atom. The van der Waals surface area contributed by atoms with E-state index in [0.717, 1.165) is 6.08 Å². The number of aliphatic hydroxyl groups excluding tert-OH is 6. The number of hydrogen-bond donors (Lipinski definition) is 8. The zero-order chi connectivity index (χ0) is 35.5. The normalized spacial score (nSPS) is 34.6. The molecule has 2 aliphatic heterocycles. The largest absolute Gasteiger partial charge is 0.507 e. The van der Waals surface area contributed by atoms with E-state index in [0.29, 0.717) is 0 Å². The minimum atomic E-state index is -1.42. The summed E-state index contributed by atoms with van der Waals surface area (Å²) >= 11 is 0. The smallest absolute Gasteiger partial charge is 0.254 e. The lowest BCUT2D eigenvalue weighted by Crippen LogP contribution is -2.46. The fourth-order valence-corrected chi connectivity index (χ4v) is 6.12. The van der Waals surface area contributed by atoms with Gasteiger partial charge in [-0.2, -0.15) is 0 Å². The van der Waals surface area contributed by atoms with E-state index in [4.69, 9.17) is 0 Å². The molecule has 12 heteroatoms. The fourth-order valence-electron chi connectivity index (χ4n) is 6.12. The molecule has 1 aromatic carbocycles. The van der Waals surface area contributed by atoms with Gasteiger partial charge in [0, 0.05) is 52.4 Å². The molecule has 12 nitrogen and oxygen atoms in total. The van der Waals surface area contributed by atoms with E-state index in [2.05, 4.69) is 5.32 Å². The Labute approximate surface area is 273 Å². The van der Waals surface area contributed by atoms with Crippen molar-refractivity contribution in [3.05, 3.63) is 75.5 Å². The molecule has 2 heterocycles. The Hall–Kier alpha value is -3.78. The van der Waals surface area contributed by atoms with Crippen LogP contribution >= 0.6 is 0 Å². The monoisotopic (exact) mass is 655 g/mol. The number of rotatable bonds is 2. The molecule has 0 spiro atoms. The van der Waals surface area contributed by atoms with Gasteiger partial charge >= 0.3 is 0 Å². The van der Waals surface area contributed by atoms with Crippen molar-refractivity contribution in [1.82, 2.24) is 5.32 Å². The molecule has 4 rings (SSSR count). The number of phenolic OH excluding ortho intramolecular Hbond substituents is 1. The van der Waals surface area contributed by atoms with Crippen molar-refractivity contribution in [2.45, 2.75) is 66.0 Å². The molecule has 4 bridgehead atoms. The summed E-state index contributed by atoms with van der Waals surface area (Å²) in [6.07, 6.45) is 1.22. The van der Waals surface area contributed by atoms with Crippen LogP contribution in [-0.4, -0.2) is 96.6 Å². The minimum absolute atomic E-state index is 0.0846. The highest BCUT2D eigenvalue weighted by Gasteiger charge is 2.39. The van der Waals surface area contributed by atoms with Crippen molar-refractivity contribution in [2.24, 2.45) is 29.6 Å². The second kappa shape index (κ2) is 15.4. The average Bonchev–Trinajstić information content (AvgIpc) is 3.05. The van der Waals surface area contributed by atoms with E-state index in [1.165, 1.54) is 45.1 Å². The third-order valence-corrected chi connectivity index (χ3v) is 9.39. The van der Waals surface area contributed by atoms with Gasteiger partial charge in [-0.1, -0.05) is 52.0 Å². The quantitative estimate of drug-likeness (QED) is 0.227. The van der Waals surface area contributed by atoms with Crippen LogP contribution in [0.5, 0.6) is 5.75 Å². The van der Waals surface area contributed by atoms with Crippen LogP contribution in [0.15, 0.2) is 53.3 Å². The first-order valence-corrected chi connectivity index (χ1v) is 15.5. The number of Topliss-reactive ketones (excluding diaryl/α,β-unsaturated/α-hetero) is 2. The SMILES string of the molecule is C/C1=C/C(CO)C(O)C(C)C(O)C(C)C(O)C(C)C(O)C(C)/C=C\C=C(\CO)C(=O)NC2=CC(=O)c3c(cc(C)c(O)c3C1=O)C2=O. The lowest BCUT2D eigenvalue weighted by Gasteiger charge is -2.37. The summed E-state index contributed by atoms with van der Waals surface area (Å²) in [6.45, 7) is 7.70. The summed E-state index contributed by atoms with van der Waals surface area (Å²) in [7, 11) is 0. The summed E-state index contributed by atoms with van der Waals surface area (Å²) < 4.78 is 0. The highest BCUT2D eigenvalue weighted by molar-refractivity contribution is 6.30. The summed E-state index contributed by atoms with van der Waals surface area (Å²) in [4.78, 5) is 53.6. The molecule has 1 aliphatic carbocycles. The van der Waals surface area contributed by atoms with Gasteiger partial charge in [-0.15, -0.1) is 0 Å². The van der Waals surface area contributed by atoms with E-state index in [9.17, 15) is 54.9 Å². The second-order valence-corrected chi connectivity index (χ2v) is 12.7. The second-order valence-electron chi connectivity index (χ2n) is 12.7. The van der Waals surface area contributed by atoms with Gasteiger partial charge in [-0.05, 0) is 31.1 Å². The lowest BCUT2D eigenvalue weighted by molar-refractivity contribution is -0.117. The van der Waals surface area contributed by atoms with Gasteiger partial charge in [0.2, 0.25) is 5.78 Å². The van der Waals surface area contributed by atoms with E-state index in [1.807, 2.05) is 0 Å². The predicted octanol–water partition coefficient (Wildman–Crippen LogP) is 1.29. The third-order valence-electron chi connectivity index (χ3n) is 9.39. The number of hydrogen-bond acceptors (Lipinski definition) is 11. The zero-order valence-electron chi connectivity index (χ0n) is 27.3. The van der Waals surface area contributed by atoms with Crippen molar-refractivity contribution in [2.75, 3.05) is 13.2 Å². The number of phenols is 1. The number of ketones is 3. The highest BCUT2D eigenvalue weighted by atomic mass is 16.3. The molecule has 47 heavy (non-hydrogen) atoms. The Morgan fingerprint density at radius 1 is 0.787 bits per heavy atom. The Bertz CT molecular complexity index is 1540. The van der Waals surface area contributed by atoms with Gasteiger partial charge in [0.05, 0.1) is 48.9 Å². The number of aliphatic hydroxyl groups is 6. The van der Waals surface area contributed by atoms with Gasteiger partial charge in [-0.25, -0.2) is 0 Å². The number of amides is 1. The Balaban J connectivity index is 2.21. The number of allylic oxidation sites excluding steroid dienone is 5. The van der Waals surface area contributed by atoms with Gasteiger partial charge in [-0.3, -0.25) is 19.2 Å². The predicted molar refractivity (Wildman–Crippen MR) is 171 cm³/mol. The first kappa shape index (κ1) is 37.7. The summed E-state index contributed by atoms with van der Waals surface area (Å²) in [5, 5.41) is 77.6. The van der Waals surface area contributed by atoms with Crippen LogP contribution in [0.1, 0.15) is 71.3 Å². The van der Waals surface area contributed by atoms with E-state index in [1.54, 1.807) is 26.8 Å². The molecule has 0 saturated heterocycles. The number of fused-ring (bicyclic) bond motifs is 15. The van der Waals surface area contributed by atoms with E-state index in [-0.39, 0.29) is 27.8 Å². The summed E-state index contributed by atoms with van der Waals surface area (Å²) in [6, 6.07) is 1.22. The van der Waals surface area contributed by atoms with Crippen molar-refractivity contribution in [3.63, 3.8) is 0 Å². The van der Waals surface area contributed by atoms with E-state index >= 15 is 0 Å². The van der Waals surface area contributed by atoms with Crippen molar-refractivity contribution in [1.29, 1.82) is 0 Å². The van der Waals surface area contributed by atoms with Crippen LogP contribution in [0, 0.1) is 36.5 Å². The molecule has 0 saturated carbocycles. The Kier molecular flexibility index (Phi) is 12.4. The van der Waals surface area contributed by atoms with Crippen LogP contribution in [0.25, 0.3) is 0 Å². The first-order chi connectivity index (χ1) is 22.0. The molecule has 1 aromatic rings. The molecular formula is C35H45NO11. The molecule has 8 N–H and O–H groups in total. The van der Waals surface area contributed by atoms with E-state index < -0.39 is 107 Å². The Morgan fingerprint density at radius 3 is 1.94 bits per heavy atom. The molecule has 1 amide bonds. The average molecular weight is 656 g/mol.